The molecule has 1 aromatic heterocycles. The Morgan fingerprint density at radius 3 is 2.65 bits per heavy atom. The molecule has 23 heavy (non-hydrogen) atoms. The molecule has 0 saturated carbocycles. The Hall–Kier alpha value is -2.21. The van der Waals surface area contributed by atoms with Crippen molar-refractivity contribution in [2.75, 3.05) is 6.54 Å². The summed E-state index contributed by atoms with van der Waals surface area (Å²) in [6, 6.07) is 6.81. The maximum atomic E-state index is 12.3. The van der Waals surface area contributed by atoms with Gasteiger partial charge in [-0.1, -0.05) is 32.0 Å². The van der Waals surface area contributed by atoms with Gasteiger partial charge in [-0.15, -0.1) is 0 Å². The number of H-pyrrole nitrogens is 1. The van der Waals surface area contributed by atoms with Crippen LogP contribution in [0.1, 0.15) is 44.1 Å². The number of hydrogen-bond donors (Lipinski definition) is 3. The first-order chi connectivity index (χ1) is 10.8. The Morgan fingerprint density at radius 2 is 2.00 bits per heavy atom. The molecule has 2 aromatic rings. The summed E-state index contributed by atoms with van der Waals surface area (Å²) in [7, 11) is 0. The lowest BCUT2D eigenvalue weighted by atomic mass is 9.95. The standard InChI is InChI=1S/C17H23N3O3/c1-11(2)8-9-17(3,23)10-18-16(22)14-12-6-4-5-7-13(12)15(21)20-19-14/h4-7,11,23H,8-10H2,1-3H3,(H,18,22)(H,20,21). The topological polar surface area (TPSA) is 95.1 Å². The summed E-state index contributed by atoms with van der Waals surface area (Å²) >= 11 is 0. The van der Waals surface area contributed by atoms with Crippen LogP contribution in [-0.4, -0.2) is 33.4 Å². The zero-order chi connectivity index (χ0) is 17.0. The van der Waals surface area contributed by atoms with E-state index in [-0.39, 0.29) is 17.8 Å². The Bertz CT molecular complexity index is 750. The van der Waals surface area contributed by atoms with Crippen molar-refractivity contribution in [1.82, 2.24) is 15.5 Å². The van der Waals surface area contributed by atoms with Gasteiger partial charge in [-0.2, -0.15) is 5.10 Å². The molecule has 6 heteroatoms. The molecule has 6 nitrogen and oxygen atoms in total. The minimum absolute atomic E-state index is 0.133. The number of nitrogens with zero attached hydrogens (tertiary/aromatic N) is 1. The van der Waals surface area contributed by atoms with E-state index >= 15 is 0 Å². The van der Waals surface area contributed by atoms with Crippen molar-refractivity contribution in [3.8, 4) is 0 Å². The van der Waals surface area contributed by atoms with E-state index in [9.17, 15) is 14.7 Å². The Morgan fingerprint density at radius 1 is 1.35 bits per heavy atom. The number of benzene rings is 1. The molecule has 0 radical (unpaired) electrons. The SMILES string of the molecule is CC(C)CCC(C)(O)CNC(=O)c1n[nH]c(=O)c2ccccc12. The smallest absolute Gasteiger partial charge is 0.272 e. The van der Waals surface area contributed by atoms with E-state index in [1.165, 1.54) is 0 Å². The highest BCUT2D eigenvalue weighted by atomic mass is 16.3. The van der Waals surface area contributed by atoms with Crippen LogP contribution in [0.2, 0.25) is 0 Å². The second kappa shape index (κ2) is 6.91. The third-order valence-corrected chi connectivity index (χ3v) is 3.80. The van der Waals surface area contributed by atoms with Crippen molar-refractivity contribution in [2.45, 2.75) is 39.2 Å². The molecular formula is C17H23N3O3. The second-order valence-electron chi connectivity index (χ2n) is 6.56. The first kappa shape index (κ1) is 17.1. The number of rotatable bonds is 6. The molecular weight excluding hydrogens is 294 g/mol. The van der Waals surface area contributed by atoms with Gasteiger partial charge in [-0.3, -0.25) is 9.59 Å². The van der Waals surface area contributed by atoms with Crippen LogP contribution < -0.4 is 10.9 Å². The fourth-order valence-electron chi connectivity index (χ4n) is 2.33. The molecule has 0 fully saturated rings. The van der Waals surface area contributed by atoms with E-state index in [0.717, 1.165) is 6.42 Å². The second-order valence-corrected chi connectivity index (χ2v) is 6.56. The Labute approximate surface area is 134 Å². The summed E-state index contributed by atoms with van der Waals surface area (Å²) in [6.07, 6.45) is 1.48. The summed E-state index contributed by atoms with van der Waals surface area (Å²) < 4.78 is 0. The molecule has 1 amide bonds. The molecule has 2 rings (SSSR count). The Balaban J connectivity index is 2.13. The van der Waals surface area contributed by atoms with Gasteiger partial charge in [-0.25, -0.2) is 5.10 Å². The van der Waals surface area contributed by atoms with E-state index < -0.39 is 11.5 Å². The average molecular weight is 317 g/mol. The van der Waals surface area contributed by atoms with Gasteiger partial charge in [-0.05, 0) is 31.7 Å². The van der Waals surface area contributed by atoms with Crippen LogP contribution in [0.15, 0.2) is 29.1 Å². The number of nitrogens with one attached hydrogen (secondary N) is 2. The first-order valence-electron chi connectivity index (χ1n) is 7.78. The van der Waals surface area contributed by atoms with Crippen LogP contribution in [0.5, 0.6) is 0 Å². The van der Waals surface area contributed by atoms with Crippen LogP contribution in [0.4, 0.5) is 0 Å². The number of carbonyl (C=O) groups is 1. The predicted octanol–water partition coefficient (Wildman–Crippen LogP) is 1.84. The van der Waals surface area contributed by atoms with E-state index in [2.05, 4.69) is 29.4 Å². The van der Waals surface area contributed by atoms with Gasteiger partial charge < -0.3 is 10.4 Å². The Kier molecular flexibility index (Phi) is 5.15. The fourth-order valence-corrected chi connectivity index (χ4v) is 2.33. The number of hydrogen-bond acceptors (Lipinski definition) is 4. The fraction of sp³-hybridized carbons (Fsp3) is 0.471. The highest BCUT2D eigenvalue weighted by Crippen LogP contribution is 2.16. The van der Waals surface area contributed by atoms with Crippen LogP contribution in [0, 0.1) is 5.92 Å². The molecule has 1 heterocycles. The van der Waals surface area contributed by atoms with E-state index in [4.69, 9.17) is 0 Å². The quantitative estimate of drug-likeness (QED) is 0.757. The number of aromatic amines is 1. The number of amides is 1. The van der Waals surface area contributed by atoms with E-state index in [1.807, 2.05) is 0 Å². The van der Waals surface area contributed by atoms with Gasteiger partial charge in [0.1, 0.15) is 0 Å². The van der Waals surface area contributed by atoms with Crippen LogP contribution in [0.3, 0.4) is 0 Å². The van der Waals surface area contributed by atoms with Crippen molar-refractivity contribution < 1.29 is 9.90 Å². The van der Waals surface area contributed by atoms with Crippen molar-refractivity contribution in [2.24, 2.45) is 5.92 Å². The van der Waals surface area contributed by atoms with E-state index in [0.29, 0.717) is 23.1 Å². The number of aliphatic hydroxyl groups is 1. The largest absolute Gasteiger partial charge is 0.388 e. The molecule has 0 aliphatic carbocycles. The molecule has 0 bridgehead atoms. The third kappa shape index (κ3) is 4.39. The summed E-state index contributed by atoms with van der Waals surface area (Å²) in [5.74, 6) is 0.0734. The lowest BCUT2D eigenvalue weighted by Crippen LogP contribution is -2.41. The van der Waals surface area contributed by atoms with Crippen molar-refractivity contribution in [3.05, 3.63) is 40.3 Å². The molecule has 0 aliphatic heterocycles. The lowest BCUT2D eigenvalue weighted by Gasteiger charge is -2.24. The van der Waals surface area contributed by atoms with Crippen LogP contribution in [-0.2, 0) is 0 Å². The van der Waals surface area contributed by atoms with E-state index in [1.54, 1.807) is 31.2 Å². The van der Waals surface area contributed by atoms with Gasteiger partial charge >= 0.3 is 0 Å². The van der Waals surface area contributed by atoms with Crippen LogP contribution >= 0.6 is 0 Å². The minimum Gasteiger partial charge on any atom is -0.388 e. The monoisotopic (exact) mass is 317 g/mol. The molecule has 124 valence electrons. The maximum absolute atomic E-state index is 12.3. The minimum atomic E-state index is -0.974. The highest BCUT2D eigenvalue weighted by Gasteiger charge is 2.23. The van der Waals surface area contributed by atoms with Gasteiger partial charge in [0, 0.05) is 11.9 Å². The van der Waals surface area contributed by atoms with Crippen LogP contribution in [0.25, 0.3) is 10.8 Å². The summed E-state index contributed by atoms with van der Waals surface area (Å²) in [6.45, 7) is 6.01. The number of aromatic nitrogens is 2. The predicted molar refractivity (Wildman–Crippen MR) is 89.4 cm³/mol. The van der Waals surface area contributed by atoms with Crippen molar-refractivity contribution in [3.63, 3.8) is 0 Å². The lowest BCUT2D eigenvalue weighted by molar-refractivity contribution is 0.0428. The van der Waals surface area contributed by atoms with Gasteiger partial charge in [0.05, 0.1) is 11.0 Å². The van der Waals surface area contributed by atoms with Gasteiger partial charge in [0.25, 0.3) is 11.5 Å². The third-order valence-electron chi connectivity index (χ3n) is 3.80. The van der Waals surface area contributed by atoms with Gasteiger partial charge in [0.15, 0.2) is 5.69 Å². The maximum Gasteiger partial charge on any atom is 0.272 e. The molecule has 1 aromatic carbocycles. The van der Waals surface area contributed by atoms with Crippen molar-refractivity contribution in [1.29, 1.82) is 0 Å². The average Bonchev–Trinajstić information content (AvgIpc) is 2.52. The molecule has 0 saturated heterocycles. The summed E-state index contributed by atoms with van der Waals surface area (Å²) in [4.78, 5) is 24.1. The van der Waals surface area contributed by atoms with Crippen molar-refractivity contribution >= 4 is 16.7 Å². The summed E-state index contributed by atoms with van der Waals surface area (Å²) in [5.41, 5.74) is -1.15. The number of carbonyl (C=O) groups excluding carboxylic acids is 1. The van der Waals surface area contributed by atoms with Gasteiger partial charge in [0.2, 0.25) is 0 Å². The molecule has 0 spiro atoms. The molecule has 1 unspecified atom stereocenters. The molecule has 3 N–H and O–H groups in total. The number of fused-ring (bicyclic) bond motifs is 1. The normalized spacial score (nSPS) is 14.0. The first-order valence-corrected chi connectivity index (χ1v) is 7.78. The highest BCUT2D eigenvalue weighted by molar-refractivity contribution is 6.04. The zero-order valence-corrected chi connectivity index (χ0v) is 13.7. The summed E-state index contributed by atoms with van der Waals surface area (Å²) in [5, 5.41) is 20.1. The molecule has 1 atom stereocenters. The zero-order valence-electron chi connectivity index (χ0n) is 13.7. The molecule has 0 aliphatic rings.